The summed E-state index contributed by atoms with van der Waals surface area (Å²) in [5.74, 6) is -3.08. The summed E-state index contributed by atoms with van der Waals surface area (Å²) in [6.45, 7) is -0.337. The van der Waals surface area contributed by atoms with E-state index in [0.717, 1.165) is 34.8 Å². The Morgan fingerprint density at radius 1 is 1.17 bits per heavy atom. The Morgan fingerprint density at radius 3 is 2.57 bits per heavy atom. The molecule has 1 aliphatic heterocycles. The van der Waals surface area contributed by atoms with E-state index in [-0.39, 0.29) is 18.2 Å². The Balaban J connectivity index is 1.86. The maximum atomic E-state index is 13.4. The number of aliphatic hydroxyl groups is 1. The molecule has 3 rings (SSSR count). The Morgan fingerprint density at radius 2 is 1.87 bits per heavy atom. The van der Waals surface area contributed by atoms with Crippen molar-refractivity contribution in [2.45, 2.75) is 23.4 Å². The van der Waals surface area contributed by atoms with Crippen LogP contribution < -0.4 is 5.32 Å². The molecule has 0 bridgehead atoms. The predicted molar refractivity (Wildman–Crippen MR) is 83.8 cm³/mol. The second kappa shape index (κ2) is 6.95. The van der Waals surface area contributed by atoms with Gasteiger partial charge in [-0.3, -0.25) is 0 Å². The van der Waals surface area contributed by atoms with Crippen LogP contribution in [-0.4, -0.2) is 17.5 Å². The Hall–Kier alpha value is -1.50. The molecule has 2 aromatic carbocycles. The molecular formula is C17H16F3NOS. The van der Waals surface area contributed by atoms with Crippen molar-refractivity contribution in [2.75, 3.05) is 12.4 Å². The molecular weight excluding hydrogens is 323 g/mol. The van der Waals surface area contributed by atoms with Crippen LogP contribution in [0.2, 0.25) is 0 Å². The van der Waals surface area contributed by atoms with E-state index in [2.05, 4.69) is 5.32 Å². The third kappa shape index (κ3) is 3.39. The summed E-state index contributed by atoms with van der Waals surface area (Å²) in [6, 6.07) is 9.08. The van der Waals surface area contributed by atoms with Crippen molar-refractivity contribution in [2.24, 2.45) is 0 Å². The zero-order chi connectivity index (χ0) is 16.4. The van der Waals surface area contributed by atoms with Crippen molar-refractivity contribution in [3.8, 4) is 0 Å². The van der Waals surface area contributed by atoms with E-state index in [1.807, 2.05) is 24.3 Å². The van der Waals surface area contributed by atoms with Gasteiger partial charge in [0.2, 0.25) is 0 Å². The summed E-state index contributed by atoms with van der Waals surface area (Å²) in [5, 5.41) is 12.8. The van der Waals surface area contributed by atoms with Crippen molar-refractivity contribution >= 4 is 11.8 Å². The van der Waals surface area contributed by atoms with Gasteiger partial charge in [-0.15, -0.1) is 11.8 Å². The Bertz CT molecular complexity index is 687. The number of halogens is 3. The number of rotatable bonds is 4. The number of hydrogen-bond acceptors (Lipinski definition) is 3. The summed E-state index contributed by atoms with van der Waals surface area (Å²) in [4.78, 5) is 1.16. The summed E-state index contributed by atoms with van der Waals surface area (Å²) in [6.07, 6.45) is 0.838. The van der Waals surface area contributed by atoms with Gasteiger partial charge in [-0.1, -0.05) is 18.2 Å². The average Bonchev–Trinajstić information content (AvgIpc) is 2.57. The largest absolute Gasteiger partial charge is 0.394 e. The molecule has 1 heterocycles. The van der Waals surface area contributed by atoms with Crippen LogP contribution in [0.25, 0.3) is 0 Å². The third-order valence-electron chi connectivity index (χ3n) is 3.95. The second-order valence-electron chi connectivity index (χ2n) is 5.43. The Kier molecular flexibility index (Phi) is 4.94. The van der Waals surface area contributed by atoms with Crippen LogP contribution in [0.5, 0.6) is 0 Å². The molecule has 0 saturated carbocycles. The first kappa shape index (κ1) is 16.4. The van der Waals surface area contributed by atoms with Crippen molar-refractivity contribution < 1.29 is 18.3 Å². The van der Waals surface area contributed by atoms with E-state index in [1.54, 1.807) is 11.8 Å². The molecule has 0 aliphatic carbocycles. The van der Waals surface area contributed by atoms with Gasteiger partial charge >= 0.3 is 0 Å². The number of nitrogens with one attached hydrogen (secondary N) is 1. The maximum absolute atomic E-state index is 13.4. The SMILES string of the molecule is OCC(NC1CCSc2ccccc21)c1cc(F)c(F)c(F)c1. The second-order valence-corrected chi connectivity index (χ2v) is 6.56. The van der Waals surface area contributed by atoms with Gasteiger partial charge < -0.3 is 10.4 Å². The van der Waals surface area contributed by atoms with E-state index in [9.17, 15) is 18.3 Å². The minimum atomic E-state index is -1.50. The van der Waals surface area contributed by atoms with E-state index in [4.69, 9.17) is 0 Å². The lowest BCUT2D eigenvalue weighted by Crippen LogP contribution is -2.31. The molecule has 0 saturated heterocycles. The van der Waals surface area contributed by atoms with Crippen LogP contribution in [0, 0.1) is 17.5 Å². The normalized spacial score (nSPS) is 18.5. The van der Waals surface area contributed by atoms with Crippen molar-refractivity contribution in [3.05, 3.63) is 65.0 Å². The highest BCUT2D eigenvalue weighted by molar-refractivity contribution is 7.99. The van der Waals surface area contributed by atoms with E-state index >= 15 is 0 Å². The Labute approximate surface area is 136 Å². The molecule has 2 aromatic rings. The molecule has 122 valence electrons. The molecule has 0 spiro atoms. The molecule has 23 heavy (non-hydrogen) atoms. The van der Waals surface area contributed by atoms with E-state index < -0.39 is 23.5 Å². The van der Waals surface area contributed by atoms with Crippen molar-refractivity contribution in [1.29, 1.82) is 0 Å². The summed E-state index contributed by atoms with van der Waals surface area (Å²) < 4.78 is 40.0. The van der Waals surface area contributed by atoms with Gasteiger partial charge in [-0.05, 0) is 41.5 Å². The van der Waals surface area contributed by atoms with Crippen molar-refractivity contribution in [3.63, 3.8) is 0 Å². The van der Waals surface area contributed by atoms with Gasteiger partial charge in [0.15, 0.2) is 17.5 Å². The van der Waals surface area contributed by atoms with Gasteiger partial charge in [0.25, 0.3) is 0 Å². The van der Waals surface area contributed by atoms with Gasteiger partial charge in [-0.2, -0.15) is 0 Å². The first-order chi connectivity index (χ1) is 11.1. The summed E-state index contributed by atoms with van der Waals surface area (Å²) in [7, 11) is 0. The molecule has 2 nitrogen and oxygen atoms in total. The number of aliphatic hydroxyl groups excluding tert-OH is 1. The molecule has 2 unspecified atom stereocenters. The lowest BCUT2D eigenvalue weighted by Gasteiger charge is -2.30. The molecule has 0 fully saturated rings. The van der Waals surface area contributed by atoms with Gasteiger partial charge in [0, 0.05) is 10.9 Å². The third-order valence-corrected chi connectivity index (χ3v) is 5.07. The molecule has 2 atom stereocenters. The highest BCUT2D eigenvalue weighted by atomic mass is 32.2. The fourth-order valence-electron chi connectivity index (χ4n) is 2.79. The van der Waals surface area contributed by atoms with E-state index in [0.29, 0.717) is 0 Å². The first-order valence-electron chi connectivity index (χ1n) is 7.33. The van der Waals surface area contributed by atoms with Crippen LogP contribution in [-0.2, 0) is 0 Å². The predicted octanol–water partition coefficient (Wildman–Crippen LogP) is 3.96. The smallest absolute Gasteiger partial charge is 0.194 e. The molecule has 1 aliphatic rings. The van der Waals surface area contributed by atoms with Gasteiger partial charge in [0.05, 0.1) is 12.6 Å². The highest BCUT2D eigenvalue weighted by Crippen LogP contribution is 2.37. The fraction of sp³-hybridized carbons (Fsp3) is 0.294. The standard InChI is InChI=1S/C17H16F3NOS/c18-12-7-10(8-13(19)17(12)20)15(9-22)21-14-5-6-23-16-4-2-1-3-11(14)16/h1-4,7-8,14-15,21-22H,5-6,9H2. The minimum absolute atomic E-state index is 0.0271. The maximum Gasteiger partial charge on any atom is 0.194 e. The highest BCUT2D eigenvalue weighted by Gasteiger charge is 2.24. The van der Waals surface area contributed by atoms with Crippen LogP contribution in [0.3, 0.4) is 0 Å². The topological polar surface area (TPSA) is 32.3 Å². The fourth-order valence-corrected chi connectivity index (χ4v) is 3.91. The summed E-state index contributed by atoms with van der Waals surface area (Å²) in [5.41, 5.74) is 1.30. The van der Waals surface area contributed by atoms with Gasteiger partial charge in [0.1, 0.15) is 0 Å². The molecule has 0 radical (unpaired) electrons. The number of hydrogen-bond donors (Lipinski definition) is 2. The number of fused-ring (bicyclic) bond motifs is 1. The van der Waals surface area contributed by atoms with Crippen molar-refractivity contribution in [1.82, 2.24) is 5.32 Å². The molecule has 2 N–H and O–H groups in total. The molecule has 0 aromatic heterocycles. The van der Waals surface area contributed by atoms with Crippen LogP contribution >= 0.6 is 11.8 Å². The minimum Gasteiger partial charge on any atom is -0.394 e. The number of benzene rings is 2. The lowest BCUT2D eigenvalue weighted by atomic mass is 10.00. The molecule has 0 amide bonds. The van der Waals surface area contributed by atoms with Crippen LogP contribution in [0.15, 0.2) is 41.3 Å². The van der Waals surface area contributed by atoms with Gasteiger partial charge in [-0.25, -0.2) is 13.2 Å². The first-order valence-corrected chi connectivity index (χ1v) is 8.31. The average molecular weight is 339 g/mol. The van der Waals surface area contributed by atoms with E-state index in [1.165, 1.54) is 0 Å². The quantitative estimate of drug-likeness (QED) is 0.827. The molecule has 6 heteroatoms. The van der Waals surface area contributed by atoms with Crippen LogP contribution in [0.1, 0.15) is 29.6 Å². The summed E-state index contributed by atoms with van der Waals surface area (Å²) >= 11 is 1.76. The lowest BCUT2D eigenvalue weighted by molar-refractivity contribution is 0.230. The number of thioether (sulfide) groups is 1. The zero-order valence-electron chi connectivity index (χ0n) is 12.2. The van der Waals surface area contributed by atoms with Crippen LogP contribution in [0.4, 0.5) is 13.2 Å². The monoisotopic (exact) mass is 339 g/mol. The zero-order valence-corrected chi connectivity index (χ0v) is 13.0.